The van der Waals surface area contributed by atoms with E-state index in [-0.39, 0.29) is 43.7 Å². The molecule has 3 aliphatic rings. The van der Waals surface area contributed by atoms with Gasteiger partial charge in [0, 0.05) is 32.4 Å². The van der Waals surface area contributed by atoms with Crippen LogP contribution in [0.1, 0.15) is 136 Å². The second-order valence-electron chi connectivity index (χ2n) is 21.6. The molecule has 4 rings (SSSR count). The zero-order valence-electron chi connectivity index (χ0n) is 45.8. The number of benzene rings is 1. The third-order valence-corrected chi connectivity index (χ3v) is 14.9. The molecule has 8 amide bonds. The lowest BCUT2D eigenvalue weighted by atomic mass is 9.91. The number of hydrogen-bond acceptors (Lipinski definition) is 18. The summed E-state index contributed by atoms with van der Waals surface area (Å²) in [5.41, 5.74) is 11.0. The predicted molar refractivity (Wildman–Crippen MR) is 283 cm³/mol. The van der Waals surface area contributed by atoms with Gasteiger partial charge < -0.3 is 93.4 Å². The molecule has 3 fully saturated rings. The first kappa shape index (κ1) is 65.9. The highest BCUT2D eigenvalue weighted by atomic mass is 16.5. The van der Waals surface area contributed by atoms with Crippen molar-refractivity contribution in [1.82, 2.24) is 36.4 Å². The van der Waals surface area contributed by atoms with E-state index >= 15 is 0 Å². The van der Waals surface area contributed by atoms with Crippen LogP contribution in [0, 0.1) is 11.8 Å². The molecule has 3 saturated heterocycles. The van der Waals surface area contributed by atoms with Crippen molar-refractivity contribution in [2.75, 3.05) is 26.2 Å². The first-order chi connectivity index (χ1) is 37.4. The van der Waals surface area contributed by atoms with Crippen LogP contribution >= 0.6 is 0 Å². The van der Waals surface area contributed by atoms with E-state index in [1.54, 1.807) is 0 Å². The number of hydrogen-bond donors (Lipinski definition) is 15. The van der Waals surface area contributed by atoms with Crippen molar-refractivity contribution in [2.24, 2.45) is 23.3 Å². The Labute approximate surface area is 460 Å². The number of nitrogens with zero attached hydrogens (tertiary/aromatic N) is 2. The summed E-state index contributed by atoms with van der Waals surface area (Å²) in [5.74, 6) is -8.25. The number of carbonyl (C=O) groups is 8. The summed E-state index contributed by atoms with van der Waals surface area (Å²) in [5, 5.41) is 101. The van der Waals surface area contributed by atoms with Gasteiger partial charge in [0.15, 0.2) is 6.23 Å². The van der Waals surface area contributed by atoms with Gasteiger partial charge in [-0.05, 0) is 68.7 Å². The molecule has 0 spiro atoms. The van der Waals surface area contributed by atoms with Crippen LogP contribution in [0.15, 0.2) is 24.3 Å². The maximum atomic E-state index is 14.6. The molecule has 3 aliphatic heterocycles. The van der Waals surface area contributed by atoms with E-state index < -0.39 is 165 Å². The number of aliphatic hydroxyl groups is 7. The van der Waals surface area contributed by atoms with Gasteiger partial charge in [0.2, 0.25) is 47.3 Å². The number of phenols is 1. The summed E-state index contributed by atoms with van der Waals surface area (Å²) in [6.45, 7) is 6.72. The number of unbranched alkanes of at least 4 members (excludes halogenated alkanes) is 5. The van der Waals surface area contributed by atoms with Crippen molar-refractivity contribution in [2.45, 2.75) is 209 Å². The van der Waals surface area contributed by atoms with Gasteiger partial charge in [0.05, 0.1) is 37.4 Å². The van der Waals surface area contributed by atoms with E-state index in [1.807, 2.05) is 0 Å². The monoisotopic (exact) mass is 1120 g/mol. The Morgan fingerprint density at radius 3 is 2.00 bits per heavy atom. The van der Waals surface area contributed by atoms with E-state index in [9.17, 15) is 79.2 Å². The summed E-state index contributed by atoms with van der Waals surface area (Å²) < 4.78 is 5.84. The molecular weight excluding hydrogens is 1030 g/mol. The normalized spacial score (nSPS) is 28.2. The van der Waals surface area contributed by atoms with E-state index in [1.165, 1.54) is 18.6 Å². The molecule has 16 unspecified atom stereocenters. The number of aromatic hydroxyl groups is 1. The molecule has 79 heavy (non-hydrogen) atoms. The van der Waals surface area contributed by atoms with Crippen molar-refractivity contribution in [3.63, 3.8) is 0 Å². The van der Waals surface area contributed by atoms with Crippen LogP contribution < -0.4 is 38.1 Å². The fourth-order valence-electron chi connectivity index (χ4n) is 10.2. The van der Waals surface area contributed by atoms with Gasteiger partial charge >= 0.3 is 0 Å². The highest BCUT2D eigenvalue weighted by Gasteiger charge is 2.49. The maximum absolute atomic E-state index is 14.6. The number of phenolic OH excluding ortho intramolecular Hbond substituents is 1. The Morgan fingerprint density at radius 1 is 0.747 bits per heavy atom. The largest absolute Gasteiger partial charge is 0.508 e. The van der Waals surface area contributed by atoms with Crippen LogP contribution in [0.25, 0.3) is 0 Å². The molecule has 17 N–H and O–H groups in total. The second kappa shape index (κ2) is 32.0. The fourth-order valence-corrected chi connectivity index (χ4v) is 10.2. The highest BCUT2D eigenvalue weighted by molar-refractivity contribution is 5.98. The average molecular weight is 1120 g/mol. The lowest BCUT2D eigenvalue weighted by molar-refractivity contribution is -0.150. The summed E-state index contributed by atoms with van der Waals surface area (Å²) in [6, 6.07) is -7.18. The Morgan fingerprint density at radius 2 is 1.37 bits per heavy atom. The number of aliphatic hydroxyl groups excluding tert-OH is 7. The second-order valence-corrected chi connectivity index (χ2v) is 21.6. The average Bonchev–Trinajstić information content (AvgIpc) is 4.03. The van der Waals surface area contributed by atoms with Crippen LogP contribution in [0.3, 0.4) is 0 Å². The van der Waals surface area contributed by atoms with Crippen LogP contribution in [-0.2, 0) is 43.1 Å². The third-order valence-electron chi connectivity index (χ3n) is 14.9. The number of amides is 8. The van der Waals surface area contributed by atoms with Crippen molar-refractivity contribution < 1.29 is 83.9 Å². The van der Waals surface area contributed by atoms with Crippen molar-refractivity contribution in [3.05, 3.63) is 29.8 Å². The zero-order valence-corrected chi connectivity index (χ0v) is 45.8. The molecular formula is C53H87N9O17. The molecule has 446 valence electrons. The summed E-state index contributed by atoms with van der Waals surface area (Å²) in [4.78, 5) is 114. The number of ether oxygens (including phenoxy) is 1. The Bertz CT molecular complexity index is 2180. The van der Waals surface area contributed by atoms with Crippen molar-refractivity contribution in [1.29, 1.82) is 0 Å². The quantitative estimate of drug-likeness (QED) is 0.0460. The van der Waals surface area contributed by atoms with Crippen molar-refractivity contribution in [3.8, 4) is 5.75 Å². The topological polar surface area (TPSA) is 426 Å². The number of carbonyl (C=O) groups excluding carboxylic acids is 8. The molecule has 0 aliphatic carbocycles. The molecule has 16 atom stereocenters. The smallest absolute Gasteiger partial charge is 0.248 e. The molecule has 1 aromatic carbocycles. The SMILES string of the molecule is CCC(C)CC(C)CCCCCCCCC(=O)NC1CC(O)C(OCCCN)NC(=O)C2C(O)CCN2C(=O)C(C(O)CC(N)=O)NC(=O)C(C(O)C(O)c2ccc(O)cc2)NC(=O)C2CC(O)CN2C(=O)C(C(C)O)NC1=O. The van der Waals surface area contributed by atoms with Gasteiger partial charge in [-0.2, -0.15) is 0 Å². The van der Waals surface area contributed by atoms with E-state index in [4.69, 9.17) is 16.2 Å². The summed E-state index contributed by atoms with van der Waals surface area (Å²) >= 11 is 0. The molecule has 0 saturated carbocycles. The lowest BCUT2D eigenvalue weighted by Gasteiger charge is -2.34. The van der Waals surface area contributed by atoms with E-state index in [2.05, 4.69) is 47.4 Å². The molecule has 3 heterocycles. The standard InChI is InChI=1S/C53H87N9O17/c1-5-28(2)23-29(3)13-10-8-6-7-9-11-14-40(70)56-34-25-38(68)51(79-22-12-20-54)60-50(76)44-36(66)19-21-61(44)53(78)42(37(67)26-39(55)69)58-49(75)43(46(72)45(71)31-15-17-32(64)18-16-31)59-48(74)35-24-33(65)27-62(35)52(77)41(30(4)63)57-47(34)73/h15-18,28-30,33-38,41-46,51,63-68,71-72H,5-14,19-27,54H2,1-4H3,(H2,55,69)(H,56,70)(H,57,73)(H,58,75)(H,59,74)(H,60,76). The molecule has 0 bridgehead atoms. The van der Waals surface area contributed by atoms with Crippen LogP contribution in [-0.4, -0.2) is 203 Å². The summed E-state index contributed by atoms with van der Waals surface area (Å²) in [6.07, 6.45) is -8.94. The van der Waals surface area contributed by atoms with E-state index in [0.29, 0.717) is 24.7 Å². The highest BCUT2D eigenvalue weighted by Crippen LogP contribution is 2.27. The first-order valence-corrected chi connectivity index (χ1v) is 27.7. The molecule has 0 radical (unpaired) electrons. The first-order valence-electron chi connectivity index (χ1n) is 27.7. The van der Waals surface area contributed by atoms with Crippen LogP contribution in [0.2, 0.25) is 0 Å². The Balaban J connectivity index is 1.75. The Hall–Kier alpha value is -5.58. The molecule has 0 aromatic heterocycles. The lowest BCUT2D eigenvalue weighted by Crippen LogP contribution is -2.64. The molecule has 26 heteroatoms. The van der Waals surface area contributed by atoms with Crippen LogP contribution in [0.4, 0.5) is 0 Å². The minimum Gasteiger partial charge on any atom is -0.508 e. The minimum atomic E-state index is -2.36. The van der Waals surface area contributed by atoms with E-state index in [0.717, 1.165) is 67.4 Å². The maximum Gasteiger partial charge on any atom is 0.248 e. The number of nitrogens with two attached hydrogens (primary N) is 2. The minimum absolute atomic E-state index is 0.0578. The number of rotatable bonds is 24. The predicted octanol–water partition coefficient (Wildman–Crippen LogP) is -2.97. The molecule has 26 nitrogen and oxygen atoms in total. The van der Waals surface area contributed by atoms with Crippen LogP contribution in [0.5, 0.6) is 5.75 Å². The number of nitrogens with one attached hydrogen (secondary N) is 5. The Kier molecular flexibility index (Phi) is 26.7. The molecule has 1 aromatic rings. The zero-order chi connectivity index (χ0) is 58.7. The van der Waals surface area contributed by atoms with Gasteiger partial charge in [-0.25, -0.2) is 0 Å². The fraction of sp³-hybridized carbons (Fsp3) is 0.736. The van der Waals surface area contributed by atoms with Gasteiger partial charge in [0.25, 0.3) is 0 Å². The van der Waals surface area contributed by atoms with Gasteiger partial charge in [-0.1, -0.05) is 77.8 Å². The van der Waals surface area contributed by atoms with Crippen molar-refractivity contribution >= 4 is 47.3 Å². The third kappa shape index (κ3) is 19.6. The van der Waals surface area contributed by atoms with Gasteiger partial charge in [-0.3, -0.25) is 38.4 Å². The number of primary amides is 1. The van der Waals surface area contributed by atoms with Gasteiger partial charge in [0.1, 0.15) is 60.3 Å². The summed E-state index contributed by atoms with van der Waals surface area (Å²) in [7, 11) is 0. The number of fused-ring (bicyclic) bond motifs is 2. The van der Waals surface area contributed by atoms with Gasteiger partial charge in [-0.15, -0.1) is 0 Å².